The number of ether oxygens (including phenoxy) is 1. The van der Waals surface area contributed by atoms with Crippen molar-refractivity contribution in [1.29, 1.82) is 0 Å². The number of carbonyl (C=O) groups excluding carboxylic acids is 1. The van der Waals surface area contributed by atoms with Crippen molar-refractivity contribution >= 4 is 13.6 Å². The molecule has 0 aromatic carbocycles. The monoisotopic (exact) mass is 365 g/mol. The number of alkyl halides is 3. The molecule has 9 nitrogen and oxygen atoms in total. The molecule has 13 heteroatoms. The van der Waals surface area contributed by atoms with E-state index in [2.05, 4.69) is 15.3 Å². The number of carbonyl (C=O) groups is 1. The van der Waals surface area contributed by atoms with Gasteiger partial charge in [-0.3, -0.25) is 9.30 Å². The van der Waals surface area contributed by atoms with Crippen molar-refractivity contribution in [3.63, 3.8) is 0 Å². The topological polar surface area (TPSA) is 107 Å². The molecule has 0 saturated heterocycles. The van der Waals surface area contributed by atoms with Crippen LogP contribution in [0.1, 0.15) is 20.8 Å². The fraction of sp³-hybridized carbons (Fsp3) is 0.900. The second-order valence-electron chi connectivity index (χ2n) is 4.00. The Balaban J connectivity index is 4.67. The Morgan fingerprint density at radius 1 is 1.30 bits per heavy atom. The number of nitrogens with zero attached hydrogens (tertiary/aromatic N) is 2. The molecule has 0 bridgehead atoms. The fourth-order valence-corrected chi connectivity index (χ4v) is 2.89. The lowest BCUT2D eigenvalue weighted by Crippen LogP contribution is -2.43. The maximum Gasteiger partial charge on any atom is 0.522 e. The zero-order chi connectivity index (χ0) is 18.1. The van der Waals surface area contributed by atoms with E-state index in [4.69, 9.17) is 9.05 Å². The molecule has 0 radical (unpaired) electrons. The van der Waals surface area contributed by atoms with E-state index in [0.29, 0.717) is 0 Å². The van der Waals surface area contributed by atoms with Crippen LogP contribution in [0.25, 0.3) is 0 Å². The van der Waals surface area contributed by atoms with Crippen molar-refractivity contribution in [2.75, 3.05) is 26.4 Å². The molecule has 0 saturated carbocycles. The molecule has 0 fully saturated rings. The lowest BCUT2D eigenvalue weighted by molar-refractivity contribution is -0.324. The first kappa shape index (κ1) is 21.8. The number of rotatable bonds is 10. The first-order valence-electron chi connectivity index (χ1n) is 6.60. The van der Waals surface area contributed by atoms with E-state index in [1.54, 1.807) is 13.8 Å². The third-order valence-corrected chi connectivity index (χ3v) is 4.64. The van der Waals surface area contributed by atoms with Gasteiger partial charge in [-0.2, -0.15) is 5.01 Å². The summed E-state index contributed by atoms with van der Waals surface area (Å²) in [6, 6.07) is -1.15. The van der Waals surface area contributed by atoms with Gasteiger partial charge in [0.25, 0.3) is 0 Å². The molecule has 0 heterocycles. The van der Waals surface area contributed by atoms with Crippen LogP contribution >= 0.6 is 7.60 Å². The summed E-state index contributed by atoms with van der Waals surface area (Å²) in [5, 5.41) is 4.59. The molecule has 0 aliphatic carbocycles. The van der Waals surface area contributed by atoms with Crippen LogP contribution in [-0.4, -0.2) is 49.6 Å². The number of amides is 2. The van der Waals surface area contributed by atoms with E-state index >= 15 is 0 Å². The summed E-state index contributed by atoms with van der Waals surface area (Å²) in [6.45, 7) is 2.81. The van der Waals surface area contributed by atoms with Crippen LogP contribution in [0, 0.1) is 4.91 Å². The molecule has 1 unspecified atom stereocenters. The second-order valence-corrected chi connectivity index (χ2v) is 6.37. The molecule has 0 aromatic rings. The molecule has 136 valence electrons. The number of hydrogen-bond acceptors (Lipinski definition) is 7. The zero-order valence-corrected chi connectivity index (χ0v) is 13.7. The van der Waals surface area contributed by atoms with E-state index < -0.39 is 38.9 Å². The Labute approximate surface area is 130 Å². The van der Waals surface area contributed by atoms with Gasteiger partial charge >= 0.3 is 20.0 Å². The van der Waals surface area contributed by atoms with E-state index in [9.17, 15) is 27.4 Å². The van der Waals surface area contributed by atoms with Crippen LogP contribution in [-0.2, 0) is 18.3 Å². The Morgan fingerprint density at radius 2 is 1.83 bits per heavy atom. The highest BCUT2D eigenvalue weighted by Gasteiger charge is 2.35. The van der Waals surface area contributed by atoms with E-state index in [0.717, 1.165) is 0 Å². The summed E-state index contributed by atoms with van der Waals surface area (Å²) in [5.41, 5.74) is 0. The number of hydrogen-bond donors (Lipinski definition) is 1. The van der Waals surface area contributed by atoms with Gasteiger partial charge in [-0.05, 0) is 20.8 Å². The first-order chi connectivity index (χ1) is 10.6. The average molecular weight is 365 g/mol. The minimum Gasteiger partial charge on any atom is -0.322 e. The van der Waals surface area contributed by atoms with Gasteiger partial charge in [0.05, 0.1) is 31.7 Å². The van der Waals surface area contributed by atoms with Crippen LogP contribution in [0.5, 0.6) is 0 Å². The summed E-state index contributed by atoms with van der Waals surface area (Å²) >= 11 is 0. The lowest BCUT2D eigenvalue weighted by Gasteiger charge is -2.25. The third-order valence-electron chi connectivity index (χ3n) is 2.33. The van der Waals surface area contributed by atoms with Gasteiger partial charge in [-0.25, -0.2) is 4.79 Å². The number of halogens is 3. The molecule has 0 spiro atoms. The molecule has 0 aliphatic rings. The second kappa shape index (κ2) is 9.81. The molecular formula is C10H19F3N3O6P. The number of nitrogens with one attached hydrogen (secondary N) is 1. The Hall–Kier alpha value is -1.23. The van der Waals surface area contributed by atoms with Gasteiger partial charge in [0.1, 0.15) is 5.78 Å². The third kappa shape index (κ3) is 8.26. The van der Waals surface area contributed by atoms with Gasteiger partial charge in [0.2, 0.25) is 0 Å². The summed E-state index contributed by atoms with van der Waals surface area (Å²) in [4.78, 5) is 22.3. The Morgan fingerprint density at radius 3 is 2.22 bits per heavy atom. The Bertz CT molecular complexity index is 427. The lowest BCUT2D eigenvalue weighted by atomic mass is 10.6. The van der Waals surface area contributed by atoms with Crippen LogP contribution in [0.3, 0.4) is 0 Å². The van der Waals surface area contributed by atoms with Gasteiger partial charge < -0.3 is 14.4 Å². The van der Waals surface area contributed by atoms with Gasteiger partial charge in [-0.1, -0.05) is 0 Å². The average Bonchev–Trinajstić information content (AvgIpc) is 2.42. The summed E-state index contributed by atoms with van der Waals surface area (Å²) in [7, 11) is -3.68. The zero-order valence-electron chi connectivity index (χ0n) is 12.8. The van der Waals surface area contributed by atoms with Gasteiger partial charge in [0.15, 0.2) is 0 Å². The molecular weight excluding hydrogens is 346 g/mol. The highest BCUT2D eigenvalue weighted by Crippen LogP contribution is 2.51. The molecule has 23 heavy (non-hydrogen) atoms. The van der Waals surface area contributed by atoms with Crippen LogP contribution < -0.4 is 5.32 Å². The molecule has 0 aromatic heterocycles. The summed E-state index contributed by atoms with van der Waals surface area (Å²) in [6.07, 6.45) is -4.89. The first-order valence-corrected chi connectivity index (χ1v) is 8.21. The van der Waals surface area contributed by atoms with Crippen LogP contribution in [0.4, 0.5) is 18.0 Å². The van der Waals surface area contributed by atoms with Crippen LogP contribution in [0.2, 0.25) is 0 Å². The molecule has 0 rings (SSSR count). The number of urea groups is 1. The summed E-state index contributed by atoms with van der Waals surface area (Å²) < 4.78 is 61.2. The van der Waals surface area contributed by atoms with Crippen molar-refractivity contribution in [2.45, 2.75) is 32.9 Å². The molecule has 1 N–H and O–H groups in total. The minimum atomic E-state index is -4.89. The highest BCUT2D eigenvalue weighted by molar-refractivity contribution is 7.54. The highest BCUT2D eigenvalue weighted by atomic mass is 31.2. The predicted octanol–water partition coefficient (Wildman–Crippen LogP) is 2.83. The van der Waals surface area contributed by atoms with E-state index in [1.807, 2.05) is 0 Å². The minimum absolute atomic E-state index is 0.0482. The van der Waals surface area contributed by atoms with Crippen molar-refractivity contribution in [3.8, 4) is 0 Å². The fourth-order valence-electron chi connectivity index (χ4n) is 1.38. The normalized spacial score (nSPS) is 13.5. The standard InChI is InChI=1S/C10H19F3N3O6P/c1-4-21-23(19,22-5-2)8(3)14-9(17)16(15-18)6-7-20-10(11,12)13/h8H,4-7H2,1-3H3,(H,14,17). The molecule has 2 amide bonds. The molecule has 0 aliphatic heterocycles. The predicted molar refractivity (Wildman–Crippen MR) is 73.4 cm³/mol. The van der Waals surface area contributed by atoms with E-state index in [1.165, 1.54) is 6.92 Å². The smallest absolute Gasteiger partial charge is 0.322 e. The maximum atomic E-state index is 12.3. The summed E-state index contributed by atoms with van der Waals surface area (Å²) in [5.74, 6) is -1.14. The van der Waals surface area contributed by atoms with E-state index in [-0.39, 0.29) is 18.2 Å². The van der Waals surface area contributed by atoms with Crippen molar-refractivity contribution in [1.82, 2.24) is 10.3 Å². The van der Waals surface area contributed by atoms with Gasteiger partial charge in [0, 0.05) is 0 Å². The van der Waals surface area contributed by atoms with Gasteiger partial charge in [-0.15, -0.1) is 18.1 Å². The molecule has 1 atom stereocenters. The maximum absolute atomic E-state index is 12.3. The van der Waals surface area contributed by atoms with Crippen LogP contribution in [0.15, 0.2) is 5.29 Å². The largest absolute Gasteiger partial charge is 0.522 e. The van der Waals surface area contributed by atoms with Crippen molar-refractivity contribution < 1.29 is 36.3 Å². The van der Waals surface area contributed by atoms with Crippen molar-refractivity contribution in [2.24, 2.45) is 5.29 Å². The quantitative estimate of drug-likeness (QED) is 0.362. The van der Waals surface area contributed by atoms with Crippen molar-refractivity contribution in [3.05, 3.63) is 4.91 Å². The SMILES string of the molecule is CCOP(=O)(OCC)C(C)NC(=O)N(CCOC(F)(F)F)N=O. The Kier molecular flexibility index (Phi) is 9.28. The number of nitroso groups, excluding NO2 is 1.